The van der Waals surface area contributed by atoms with Gasteiger partial charge in [0.05, 0.1) is 23.7 Å². The fraction of sp³-hybridized carbons (Fsp3) is 0.125. The number of rotatable bonds is 5. The van der Waals surface area contributed by atoms with Gasteiger partial charge < -0.3 is 9.84 Å². The highest BCUT2D eigenvalue weighted by atomic mass is 16.5. The van der Waals surface area contributed by atoms with Crippen LogP contribution in [0.25, 0.3) is 22.2 Å². The summed E-state index contributed by atoms with van der Waals surface area (Å²) in [4.78, 5) is 12.9. The molecule has 0 fully saturated rings. The summed E-state index contributed by atoms with van der Waals surface area (Å²) in [5.74, 6) is 0.576. The number of carbonyl (C=O) groups is 1. The lowest BCUT2D eigenvalue weighted by Crippen LogP contribution is -2.24. The molecular weight excluding hydrogens is 378 g/mol. The van der Waals surface area contributed by atoms with Gasteiger partial charge in [0, 0.05) is 22.1 Å². The van der Waals surface area contributed by atoms with Gasteiger partial charge in [-0.1, -0.05) is 36.4 Å². The van der Waals surface area contributed by atoms with Gasteiger partial charge in [0.1, 0.15) is 24.2 Å². The Labute approximate surface area is 172 Å². The minimum absolute atomic E-state index is 0.00653. The minimum Gasteiger partial charge on any atom is -0.491 e. The van der Waals surface area contributed by atoms with E-state index >= 15 is 0 Å². The van der Waals surface area contributed by atoms with Crippen LogP contribution in [0.1, 0.15) is 21.5 Å². The van der Waals surface area contributed by atoms with Crippen LogP contribution in [-0.4, -0.2) is 33.4 Å². The van der Waals surface area contributed by atoms with Crippen LogP contribution < -0.4 is 4.74 Å². The number of aromatic nitrogens is 2. The van der Waals surface area contributed by atoms with Crippen molar-refractivity contribution in [2.75, 3.05) is 6.61 Å². The highest BCUT2D eigenvalue weighted by Gasteiger charge is 2.28. The molecule has 6 nitrogen and oxygen atoms in total. The van der Waals surface area contributed by atoms with Crippen molar-refractivity contribution in [3.63, 3.8) is 0 Å². The van der Waals surface area contributed by atoms with E-state index in [2.05, 4.69) is 6.07 Å². The van der Waals surface area contributed by atoms with Gasteiger partial charge >= 0.3 is 0 Å². The largest absolute Gasteiger partial charge is 0.491 e. The number of nitriles is 1. The van der Waals surface area contributed by atoms with Crippen LogP contribution in [0, 0.1) is 11.3 Å². The maximum absolute atomic E-state index is 12.9. The Morgan fingerprint density at radius 1 is 1.00 bits per heavy atom. The van der Waals surface area contributed by atoms with Crippen molar-refractivity contribution in [3.8, 4) is 23.1 Å². The molecule has 1 aromatic heterocycles. The van der Waals surface area contributed by atoms with E-state index in [9.17, 15) is 9.90 Å². The Bertz CT molecular complexity index is 1320. The van der Waals surface area contributed by atoms with Gasteiger partial charge in [-0.2, -0.15) is 10.4 Å². The molecule has 1 aliphatic rings. The summed E-state index contributed by atoms with van der Waals surface area (Å²) in [6, 6.07) is 21.8. The van der Waals surface area contributed by atoms with E-state index < -0.39 is 6.10 Å². The van der Waals surface area contributed by atoms with E-state index in [1.165, 1.54) is 0 Å². The van der Waals surface area contributed by atoms with E-state index in [1.807, 2.05) is 42.5 Å². The normalized spacial score (nSPS) is 13.0. The zero-order valence-corrected chi connectivity index (χ0v) is 15.9. The van der Waals surface area contributed by atoms with Crippen LogP contribution in [0.15, 0.2) is 66.7 Å². The topological polar surface area (TPSA) is 88.1 Å². The Balaban J connectivity index is 1.43. The molecule has 0 saturated heterocycles. The highest BCUT2D eigenvalue weighted by molar-refractivity contribution is 6.25. The van der Waals surface area contributed by atoms with Gasteiger partial charge in [-0.15, -0.1) is 0 Å². The third-order valence-corrected chi connectivity index (χ3v) is 5.26. The summed E-state index contributed by atoms with van der Waals surface area (Å²) < 4.78 is 7.37. The first-order valence-electron chi connectivity index (χ1n) is 9.60. The lowest BCUT2D eigenvalue weighted by Gasteiger charge is -2.14. The molecule has 0 bridgehead atoms. The van der Waals surface area contributed by atoms with E-state index in [0.717, 1.165) is 22.2 Å². The number of nitrogens with zero attached hydrogens (tertiary/aromatic N) is 3. The summed E-state index contributed by atoms with van der Waals surface area (Å²) >= 11 is 0. The van der Waals surface area contributed by atoms with E-state index in [4.69, 9.17) is 15.1 Å². The molecule has 0 radical (unpaired) electrons. The summed E-state index contributed by atoms with van der Waals surface area (Å²) in [5.41, 5.74) is 4.21. The minimum atomic E-state index is -0.799. The second-order valence-corrected chi connectivity index (χ2v) is 7.21. The fourth-order valence-electron chi connectivity index (χ4n) is 3.85. The van der Waals surface area contributed by atoms with Crippen LogP contribution in [0.3, 0.4) is 0 Å². The number of benzene rings is 3. The highest BCUT2D eigenvalue weighted by Crippen LogP contribution is 2.38. The second-order valence-electron chi connectivity index (χ2n) is 7.21. The molecule has 5 rings (SSSR count). The first-order valence-corrected chi connectivity index (χ1v) is 9.60. The van der Waals surface area contributed by atoms with Crippen LogP contribution in [0.5, 0.6) is 5.75 Å². The molecule has 1 aliphatic carbocycles. The summed E-state index contributed by atoms with van der Waals surface area (Å²) in [7, 11) is 0. The maximum Gasteiger partial charge on any atom is 0.194 e. The number of ether oxygens (including phenoxy) is 1. The Kier molecular flexibility index (Phi) is 4.31. The van der Waals surface area contributed by atoms with E-state index in [-0.39, 0.29) is 18.9 Å². The molecule has 0 spiro atoms. The standard InChI is InChI=1S/C24H17N3O3/c25-12-15-8-10-17(11-9-15)30-14-16(28)13-27-21-7-3-6-20-22(21)23(26-27)18-4-1-2-5-19(18)24(20)29/h1-11,16,28H,13-14H2. The van der Waals surface area contributed by atoms with E-state index in [0.29, 0.717) is 22.4 Å². The number of carbonyl (C=O) groups excluding carboxylic acids is 1. The third-order valence-electron chi connectivity index (χ3n) is 5.26. The second kappa shape index (κ2) is 7.14. The summed E-state index contributed by atoms with van der Waals surface area (Å²) in [6.45, 7) is 0.310. The molecule has 0 amide bonds. The van der Waals surface area contributed by atoms with Gasteiger partial charge in [-0.05, 0) is 30.3 Å². The van der Waals surface area contributed by atoms with Crippen LogP contribution in [0.4, 0.5) is 0 Å². The number of aliphatic hydroxyl groups excluding tert-OH is 1. The van der Waals surface area contributed by atoms with Crippen molar-refractivity contribution in [2.24, 2.45) is 0 Å². The number of fused-ring (bicyclic) bond motifs is 2. The monoisotopic (exact) mass is 395 g/mol. The molecule has 6 heteroatoms. The maximum atomic E-state index is 12.9. The molecule has 1 unspecified atom stereocenters. The van der Waals surface area contributed by atoms with Crippen LogP contribution in [0.2, 0.25) is 0 Å². The molecule has 1 heterocycles. The number of hydrogen-bond donors (Lipinski definition) is 1. The quantitative estimate of drug-likeness (QED) is 0.492. The van der Waals surface area contributed by atoms with E-state index in [1.54, 1.807) is 28.9 Å². The van der Waals surface area contributed by atoms with Gasteiger partial charge in [0.2, 0.25) is 0 Å². The van der Waals surface area contributed by atoms with Crippen LogP contribution in [-0.2, 0) is 6.54 Å². The average molecular weight is 395 g/mol. The van der Waals surface area contributed by atoms with Gasteiger partial charge in [-0.25, -0.2) is 0 Å². The summed E-state index contributed by atoms with van der Waals surface area (Å²) in [6.07, 6.45) is -0.799. The van der Waals surface area contributed by atoms with Crippen molar-refractivity contribution in [3.05, 3.63) is 83.4 Å². The Morgan fingerprint density at radius 3 is 2.50 bits per heavy atom. The fourth-order valence-corrected chi connectivity index (χ4v) is 3.85. The van der Waals surface area contributed by atoms with Crippen molar-refractivity contribution < 1.29 is 14.6 Å². The first-order chi connectivity index (χ1) is 14.7. The molecular formula is C24H17N3O3. The lowest BCUT2D eigenvalue weighted by atomic mass is 9.87. The van der Waals surface area contributed by atoms with Gasteiger partial charge in [0.25, 0.3) is 0 Å². The van der Waals surface area contributed by atoms with Gasteiger partial charge in [0.15, 0.2) is 5.78 Å². The molecule has 30 heavy (non-hydrogen) atoms. The van der Waals surface area contributed by atoms with Gasteiger partial charge in [-0.3, -0.25) is 9.48 Å². The smallest absolute Gasteiger partial charge is 0.194 e. The number of ketones is 1. The third kappa shape index (κ3) is 2.93. The Hall–Kier alpha value is -3.95. The average Bonchev–Trinajstić information content (AvgIpc) is 3.15. The molecule has 146 valence electrons. The number of hydrogen-bond acceptors (Lipinski definition) is 5. The molecule has 3 aromatic carbocycles. The lowest BCUT2D eigenvalue weighted by molar-refractivity contribution is 0.0905. The van der Waals surface area contributed by atoms with Crippen molar-refractivity contribution in [1.29, 1.82) is 5.26 Å². The van der Waals surface area contributed by atoms with Crippen molar-refractivity contribution in [1.82, 2.24) is 9.78 Å². The predicted molar refractivity (Wildman–Crippen MR) is 111 cm³/mol. The van der Waals surface area contributed by atoms with Crippen molar-refractivity contribution in [2.45, 2.75) is 12.6 Å². The number of aliphatic hydroxyl groups is 1. The predicted octanol–water partition coefficient (Wildman–Crippen LogP) is 3.56. The molecule has 0 aliphatic heterocycles. The SMILES string of the molecule is N#Cc1ccc(OCC(O)Cn2nc3c4c(cccc42)C(=O)c2ccccc2-3)cc1. The first kappa shape index (κ1) is 18.1. The summed E-state index contributed by atoms with van der Waals surface area (Å²) in [5, 5.41) is 24.9. The molecule has 1 N–H and O–H groups in total. The molecule has 4 aromatic rings. The Morgan fingerprint density at radius 2 is 1.73 bits per heavy atom. The zero-order chi connectivity index (χ0) is 20.7. The zero-order valence-electron chi connectivity index (χ0n) is 15.9. The van der Waals surface area contributed by atoms with Crippen LogP contribution >= 0.6 is 0 Å². The molecule has 0 saturated carbocycles. The van der Waals surface area contributed by atoms with Crippen molar-refractivity contribution >= 4 is 16.7 Å². The molecule has 1 atom stereocenters.